The van der Waals surface area contributed by atoms with Crippen LogP contribution in [0.2, 0.25) is 0 Å². The Labute approximate surface area is 141 Å². The molecule has 6 nitrogen and oxygen atoms in total. The first-order valence-electron chi connectivity index (χ1n) is 8.44. The van der Waals surface area contributed by atoms with Crippen LogP contribution >= 0.6 is 0 Å². The van der Waals surface area contributed by atoms with Gasteiger partial charge in [0.05, 0.1) is 12.4 Å². The maximum absolute atomic E-state index is 4.31. The van der Waals surface area contributed by atoms with Crippen LogP contribution in [0.5, 0.6) is 0 Å². The SMILES string of the molecule is Cc1cc(-n2ccnc2)ccc1CN1CCCC(n2cncn2)C1. The van der Waals surface area contributed by atoms with Crippen LogP contribution in [-0.2, 0) is 6.54 Å². The normalized spacial score (nSPS) is 18.8. The van der Waals surface area contributed by atoms with Crippen LogP contribution in [0.25, 0.3) is 5.69 Å². The molecule has 3 heterocycles. The topological polar surface area (TPSA) is 51.8 Å². The molecule has 24 heavy (non-hydrogen) atoms. The highest BCUT2D eigenvalue weighted by molar-refractivity contribution is 5.40. The summed E-state index contributed by atoms with van der Waals surface area (Å²) in [6, 6.07) is 7.08. The fourth-order valence-corrected chi connectivity index (χ4v) is 3.47. The first-order chi connectivity index (χ1) is 11.8. The van der Waals surface area contributed by atoms with Crippen molar-refractivity contribution in [1.29, 1.82) is 0 Å². The lowest BCUT2D eigenvalue weighted by Gasteiger charge is -2.33. The van der Waals surface area contributed by atoms with E-state index in [-0.39, 0.29) is 0 Å². The summed E-state index contributed by atoms with van der Waals surface area (Å²) in [5.74, 6) is 0. The molecule has 1 saturated heterocycles. The summed E-state index contributed by atoms with van der Waals surface area (Å²) in [6.07, 6.45) is 11.5. The Morgan fingerprint density at radius 3 is 2.92 bits per heavy atom. The van der Waals surface area contributed by atoms with E-state index >= 15 is 0 Å². The molecule has 124 valence electrons. The number of piperidine rings is 1. The van der Waals surface area contributed by atoms with Crippen molar-refractivity contribution in [1.82, 2.24) is 29.2 Å². The van der Waals surface area contributed by atoms with E-state index in [0.29, 0.717) is 6.04 Å². The molecule has 0 aliphatic carbocycles. The van der Waals surface area contributed by atoms with Crippen molar-refractivity contribution < 1.29 is 0 Å². The van der Waals surface area contributed by atoms with Crippen LogP contribution in [-0.4, -0.2) is 42.3 Å². The standard InChI is InChI=1S/C18H22N6/c1-15-9-17(23-8-6-19-13-23)5-4-16(15)10-22-7-2-3-18(11-22)24-14-20-12-21-24/h4-6,8-9,12-14,18H,2-3,7,10-11H2,1H3. The molecule has 2 aromatic heterocycles. The molecule has 1 aliphatic heterocycles. The average molecular weight is 322 g/mol. The lowest BCUT2D eigenvalue weighted by molar-refractivity contribution is 0.162. The van der Waals surface area contributed by atoms with E-state index in [1.807, 2.05) is 28.1 Å². The molecule has 1 unspecified atom stereocenters. The van der Waals surface area contributed by atoms with Crippen LogP contribution in [0.3, 0.4) is 0 Å². The Hall–Kier alpha value is -2.47. The lowest BCUT2D eigenvalue weighted by Crippen LogP contribution is -2.36. The Morgan fingerprint density at radius 2 is 2.17 bits per heavy atom. The number of likely N-dealkylation sites (tertiary alicyclic amines) is 1. The molecule has 4 rings (SSSR count). The molecule has 0 saturated carbocycles. The van der Waals surface area contributed by atoms with Crippen molar-refractivity contribution in [3.8, 4) is 5.69 Å². The van der Waals surface area contributed by atoms with Gasteiger partial charge >= 0.3 is 0 Å². The number of aryl methyl sites for hydroxylation is 1. The van der Waals surface area contributed by atoms with Gasteiger partial charge in [0.1, 0.15) is 12.7 Å². The van der Waals surface area contributed by atoms with Gasteiger partial charge < -0.3 is 4.57 Å². The van der Waals surface area contributed by atoms with Crippen LogP contribution < -0.4 is 0 Å². The van der Waals surface area contributed by atoms with E-state index in [9.17, 15) is 0 Å². The smallest absolute Gasteiger partial charge is 0.137 e. The number of hydrogen-bond donors (Lipinski definition) is 0. The summed E-state index contributed by atoms with van der Waals surface area (Å²) in [6.45, 7) is 5.36. The quantitative estimate of drug-likeness (QED) is 0.741. The third-order valence-corrected chi connectivity index (χ3v) is 4.81. The molecule has 1 aliphatic rings. The van der Waals surface area contributed by atoms with Gasteiger partial charge in [-0.3, -0.25) is 4.90 Å². The average Bonchev–Trinajstić information content (AvgIpc) is 3.31. The Kier molecular flexibility index (Phi) is 4.13. The highest BCUT2D eigenvalue weighted by atomic mass is 15.3. The minimum absolute atomic E-state index is 0.437. The summed E-state index contributed by atoms with van der Waals surface area (Å²) >= 11 is 0. The predicted octanol–water partition coefficient (Wildman–Crippen LogP) is 2.61. The third kappa shape index (κ3) is 3.10. The molecule has 0 bridgehead atoms. The fraction of sp³-hybridized carbons (Fsp3) is 0.389. The van der Waals surface area contributed by atoms with Gasteiger partial charge in [-0.15, -0.1) is 0 Å². The van der Waals surface area contributed by atoms with Gasteiger partial charge in [-0.25, -0.2) is 14.6 Å². The molecule has 1 fully saturated rings. The van der Waals surface area contributed by atoms with Crippen molar-refractivity contribution in [2.75, 3.05) is 13.1 Å². The van der Waals surface area contributed by atoms with Gasteiger partial charge in [-0.2, -0.15) is 5.10 Å². The first kappa shape index (κ1) is 15.1. The molecule has 3 aromatic rings. The number of aromatic nitrogens is 5. The van der Waals surface area contributed by atoms with E-state index in [0.717, 1.165) is 25.3 Å². The van der Waals surface area contributed by atoms with E-state index in [4.69, 9.17) is 0 Å². The van der Waals surface area contributed by atoms with E-state index < -0.39 is 0 Å². The second-order valence-electron chi connectivity index (χ2n) is 6.49. The summed E-state index contributed by atoms with van der Waals surface area (Å²) in [4.78, 5) is 10.7. The summed E-state index contributed by atoms with van der Waals surface area (Å²) < 4.78 is 4.04. The minimum atomic E-state index is 0.437. The zero-order chi connectivity index (χ0) is 16.4. The van der Waals surface area contributed by atoms with Crippen molar-refractivity contribution >= 4 is 0 Å². The zero-order valence-electron chi connectivity index (χ0n) is 13.9. The maximum Gasteiger partial charge on any atom is 0.137 e. The zero-order valence-corrected chi connectivity index (χ0v) is 13.9. The Bertz CT molecular complexity index is 778. The van der Waals surface area contributed by atoms with Crippen LogP contribution in [0.1, 0.15) is 30.0 Å². The largest absolute Gasteiger partial charge is 0.306 e. The third-order valence-electron chi connectivity index (χ3n) is 4.81. The van der Waals surface area contributed by atoms with Crippen molar-refractivity contribution in [2.24, 2.45) is 0 Å². The molecule has 1 aromatic carbocycles. The highest BCUT2D eigenvalue weighted by Gasteiger charge is 2.22. The van der Waals surface area contributed by atoms with Crippen LogP contribution in [0.4, 0.5) is 0 Å². The number of imidazole rings is 1. The maximum atomic E-state index is 4.31. The van der Waals surface area contributed by atoms with Crippen LogP contribution in [0.15, 0.2) is 49.6 Å². The summed E-state index contributed by atoms with van der Waals surface area (Å²) in [5.41, 5.74) is 3.87. The molecule has 0 N–H and O–H groups in total. The number of benzene rings is 1. The van der Waals surface area contributed by atoms with Gasteiger partial charge in [0.15, 0.2) is 0 Å². The monoisotopic (exact) mass is 322 g/mol. The van der Waals surface area contributed by atoms with Gasteiger partial charge in [0, 0.05) is 31.2 Å². The number of hydrogen-bond acceptors (Lipinski definition) is 4. The van der Waals surface area contributed by atoms with Gasteiger partial charge in [0.2, 0.25) is 0 Å². The van der Waals surface area contributed by atoms with Crippen molar-refractivity contribution in [2.45, 2.75) is 32.4 Å². The van der Waals surface area contributed by atoms with Crippen molar-refractivity contribution in [3.63, 3.8) is 0 Å². The minimum Gasteiger partial charge on any atom is -0.306 e. The second kappa shape index (κ2) is 6.57. The number of nitrogens with zero attached hydrogens (tertiary/aromatic N) is 6. The molecule has 0 amide bonds. The summed E-state index contributed by atoms with van der Waals surface area (Å²) in [7, 11) is 0. The first-order valence-corrected chi connectivity index (χ1v) is 8.44. The lowest BCUT2D eigenvalue weighted by atomic mass is 10.0. The molecule has 1 atom stereocenters. The van der Waals surface area contributed by atoms with Gasteiger partial charge in [-0.05, 0) is 49.6 Å². The molecular weight excluding hydrogens is 300 g/mol. The highest BCUT2D eigenvalue weighted by Crippen LogP contribution is 2.23. The van der Waals surface area contributed by atoms with E-state index in [2.05, 4.69) is 45.1 Å². The molecular formula is C18H22N6. The molecule has 6 heteroatoms. The summed E-state index contributed by atoms with van der Waals surface area (Å²) in [5, 5.41) is 4.31. The Balaban J connectivity index is 1.47. The second-order valence-corrected chi connectivity index (χ2v) is 6.49. The van der Waals surface area contributed by atoms with Crippen molar-refractivity contribution in [3.05, 3.63) is 60.7 Å². The van der Waals surface area contributed by atoms with Crippen LogP contribution in [0, 0.1) is 6.92 Å². The van der Waals surface area contributed by atoms with E-state index in [1.54, 1.807) is 12.5 Å². The van der Waals surface area contributed by atoms with E-state index in [1.165, 1.54) is 24.0 Å². The Morgan fingerprint density at radius 1 is 1.21 bits per heavy atom. The molecule has 0 radical (unpaired) electrons. The fourth-order valence-electron chi connectivity index (χ4n) is 3.47. The predicted molar refractivity (Wildman–Crippen MR) is 91.9 cm³/mol. The number of rotatable bonds is 4. The van der Waals surface area contributed by atoms with Gasteiger partial charge in [-0.1, -0.05) is 6.07 Å². The van der Waals surface area contributed by atoms with Gasteiger partial charge in [0.25, 0.3) is 0 Å². The molecule has 0 spiro atoms.